The van der Waals surface area contributed by atoms with Crippen LogP contribution in [-0.4, -0.2) is 19.1 Å². The van der Waals surface area contributed by atoms with Crippen molar-refractivity contribution in [1.29, 1.82) is 0 Å². The Balaban J connectivity index is 1.46. The number of carbonyl (C=O) groups is 1. The van der Waals surface area contributed by atoms with Gasteiger partial charge in [0.1, 0.15) is 5.75 Å². The molecule has 1 fully saturated rings. The van der Waals surface area contributed by atoms with Crippen LogP contribution in [0.1, 0.15) is 24.8 Å². The van der Waals surface area contributed by atoms with Gasteiger partial charge in [-0.25, -0.2) is 0 Å². The molecule has 0 radical (unpaired) electrons. The third-order valence-electron chi connectivity index (χ3n) is 3.94. The highest BCUT2D eigenvalue weighted by Crippen LogP contribution is 2.23. The number of nitrogens with zero attached hydrogens (tertiary/aromatic N) is 1. The first-order valence-corrected chi connectivity index (χ1v) is 7.90. The number of aryl methyl sites for hydroxylation is 1. The largest absolute Gasteiger partial charge is 0.494 e. The Morgan fingerprint density at radius 3 is 2.45 bits per heavy atom. The van der Waals surface area contributed by atoms with Crippen LogP contribution in [0.4, 0.5) is 5.69 Å². The molecule has 0 saturated carbocycles. The zero-order valence-electron chi connectivity index (χ0n) is 12.7. The van der Waals surface area contributed by atoms with Crippen molar-refractivity contribution in [3.63, 3.8) is 0 Å². The van der Waals surface area contributed by atoms with E-state index in [0.717, 1.165) is 37.2 Å². The van der Waals surface area contributed by atoms with Crippen LogP contribution in [0.25, 0.3) is 0 Å². The number of ether oxygens (including phenoxy) is 1. The number of hydrogen-bond donors (Lipinski definition) is 0. The molecule has 0 N–H and O–H groups in total. The highest BCUT2D eigenvalue weighted by molar-refractivity contribution is 5.95. The van der Waals surface area contributed by atoms with Crippen molar-refractivity contribution in [3.8, 4) is 5.75 Å². The predicted octanol–water partition coefficient (Wildman–Crippen LogP) is 3.83. The molecule has 1 amide bonds. The van der Waals surface area contributed by atoms with Gasteiger partial charge in [-0.15, -0.1) is 0 Å². The summed E-state index contributed by atoms with van der Waals surface area (Å²) in [5.74, 6) is 1.08. The lowest BCUT2D eigenvalue weighted by Gasteiger charge is -2.16. The maximum absolute atomic E-state index is 11.7. The fourth-order valence-corrected chi connectivity index (χ4v) is 2.75. The monoisotopic (exact) mass is 295 g/mol. The van der Waals surface area contributed by atoms with E-state index < -0.39 is 0 Å². The zero-order valence-corrected chi connectivity index (χ0v) is 12.7. The Morgan fingerprint density at radius 2 is 1.77 bits per heavy atom. The van der Waals surface area contributed by atoms with Crippen LogP contribution in [0.15, 0.2) is 54.6 Å². The SMILES string of the molecule is O=C1CCCN1c1ccc(OCCCc2ccccc2)cc1. The van der Waals surface area contributed by atoms with Gasteiger partial charge in [0, 0.05) is 18.7 Å². The summed E-state index contributed by atoms with van der Waals surface area (Å²) in [5, 5.41) is 0. The molecule has 0 atom stereocenters. The van der Waals surface area contributed by atoms with Crippen LogP contribution in [0.2, 0.25) is 0 Å². The normalized spacial score (nSPS) is 14.4. The first-order chi connectivity index (χ1) is 10.8. The number of anilines is 1. The molecule has 3 heteroatoms. The van der Waals surface area contributed by atoms with Crippen molar-refractivity contribution in [2.45, 2.75) is 25.7 Å². The van der Waals surface area contributed by atoms with Gasteiger partial charge in [-0.3, -0.25) is 4.79 Å². The number of hydrogen-bond acceptors (Lipinski definition) is 2. The summed E-state index contributed by atoms with van der Waals surface area (Å²) in [6.45, 7) is 1.53. The minimum Gasteiger partial charge on any atom is -0.494 e. The average molecular weight is 295 g/mol. The molecule has 0 bridgehead atoms. The van der Waals surface area contributed by atoms with Gasteiger partial charge in [0.15, 0.2) is 0 Å². The smallest absolute Gasteiger partial charge is 0.227 e. The van der Waals surface area contributed by atoms with E-state index in [1.807, 2.05) is 35.2 Å². The van der Waals surface area contributed by atoms with E-state index in [0.29, 0.717) is 13.0 Å². The van der Waals surface area contributed by atoms with E-state index in [9.17, 15) is 4.79 Å². The molecule has 0 unspecified atom stereocenters. The summed E-state index contributed by atoms with van der Waals surface area (Å²) < 4.78 is 5.77. The minimum atomic E-state index is 0.219. The maximum atomic E-state index is 11.7. The Hall–Kier alpha value is -2.29. The third kappa shape index (κ3) is 3.67. The molecule has 1 aliphatic heterocycles. The quantitative estimate of drug-likeness (QED) is 0.758. The molecule has 0 aromatic heterocycles. The molecule has 0 aliphatic carbocycles. The van der Waals surface area contributed by atoms with Crippen LogP contribution >= 0.6 is 0 Å². The second-order valence-electron chi connectivity index (χ2n) is 5.58. The van der Waals surface area contributed by atoms with Gasteiger partial charge in [-0.2, -0.15) is 0 Å². The van der Waals surface area contributed by atoms with Crippen LogP contribution in [0.3, 0.4) is 0 Å². The molecule has 3 rings (SSSR count). The van der Waals surface area contributed by atoms with Crippen LogP contribution in [0.5, 0.6) is 5.75 Å². The van der Waals surface area contributed by atoms with E-state index in [2.05, 4.69) is 24.3 Å². The lowest BCUT2D eigenvalue weighted by molar-refractivity contribution is -0.117. The third-order valence-corrected chi connectivity index (χ3v) is 3.94. The van der Waals surface area contributed by atoms with Gasteiger partial charge >= 0.3 is 0 Å². The first kappa shape index (κ1) is 14.6. The Bertz CT molecular complexity index is 607. The van der Waals surface area contributed by atoms with Crippen molar-refractivity contribution in [2.24, 2.45) is 0 Å². The van der Waals surface area contributed by atoms with Crippen molar-refractivity contribution in [1.82, 2.24) is 0 Å². The fraction of sp³-hybridized carbons (Fsp3) is 0.316. The van der Waals surface area contributed by atoms with Gasteiger partial charge in [-0.05, 0) is 49.1 Å². The second-order valence-corrected chi connectivity index (χ2v) is 5.58. The molecule has 114 valence electrons. The molecule has 1 heterocycles. The second kappa shape index (κ2) is 7.12. The minimum absolute atomic E-state index is 0.219. The molecule has 22 heavy (non-hydrogen) atoms. The van der Waals surface area contributed by atoms with E-state index in [4.69, 9.17) is 4.74 Å². The summed E-state index contributed by atoms with van der Waals surface area (Å²) in [7, 11) is 0. The number of amides is 1. The summed E-state index contributed by atoms with van der Waals surface area (Å²) in [4.78, 5) is 13.5. The maximum Gasteiger partial charge on any atom is 0.227 e. The Morgan fingerprint density at radius 1 is 1.00 bits per heavy atom. The lowest BCUT2D eigenvalue weighted by atomic mass is 10.1. The van der Waals surface area contributed by atoms with Crippen molar-refractivity contribution in [3.05, 3.63) is 60.2 Å². The molecule has 3 nitrogen and oxygen atoms in total. The summed E-state index contributed by atoms with van der Waals surface area (Å²) in [5.41, 5.74) is 2.31. The topological polar surface area (TPSA) is 29.5 Å². The summed E-state index contributed by atoms with van der Waals surface area (Å²) >= 11 is 0. The van der Waals surface area contributed by atoms with E-state index in [1.54, 1.807) is 0 Å². The zero-order chi connectivity index (χ0) is 15.2. The average Bonchev–Trinajstić information content (AvgIpc) is 2.99. The van der Waals surface area contributed by atoms with Crippen LogP contribution in [-0.2, 0) is 11.2 Å². The fourth-order valence-electron chi connectivity index (χ4n) is 2.75. The molecule has 1 aliphatic rings. The highest BCUT2D eigenvalue weighted by Gasteiger charge is 2.21. The van der Waals surface area contributed by atoms with E-state index in [-0.39, 0.29) is 5.91 Å². The van der Waals surface area contributed by atoms with Crippen molar-refractivity contribution in [2.75, 3.05) is 18.1 Å². The Kier molecular flexibility index (Phi) is 4.74. The molecule has 2 aromatic carbocycles. The summed E-state index contributed by atoms with van der Waals surface area (Å²) in [6.07, 6.45) is 3.64. The van der Waals surface area contributed by atoms with Crippen molar-refractivity contribution < 1.29 is 9.53 Å². The van der Waals surface area contributed by atoms with Crippen molar-refractivity contribution >= 4 is 11.6 Å². The number of carbonyl (C=O) groups excluding carboxylic acids is 1. The van der Waals surface area contributed by atoms with Gasteiger partial charge in [0.25, 0.3) is 0 Å². The molecular formula is C19H21NO2. The Labute approximate surface area is 131 Å². The molecular weight excluding hydrogens is 274 g/mol. The van der Waals surface area contributed by atoms with Crippen LogP contribution < -0.4 is 9.64 Å². The lowest BCUT2D eigenvalue weighted by Crippen LogP contribution is -2.23. The van der Waals surface area contributed by atoms with E-state index in [1.165, 1.54) is 5.56 Å². The molecule has 2 aromatic rings. The van der Waals surface area contributed by atoms with Gasteiger partial charge in [0.05, 0.1) is 6.61 Å². The number of rotatable bonds is 6. The van der Waals surface area contributed by atoms with Crippen LogP contribution in [0, 0.1) is 0 Å². The van der Waals surface area contributed by atoms with Gasteiger partial charge in [-0.1, -0.05) is 30.3 Å². The first-order valence-electron chi connectivity index (χ1n) is 7.90. The highest BCUT2D eigenvalue weighted by atomic mass is 16.5. The predicted molar refractivity (Wildman–Crippen MR) is 88.3 cm³/mol. The van der Waals surface area contributed by atoms with Gasteiger partial charge in [0.2, 0.25) is 5.91 Å². The van der Waals surface area contributed by atoms with E-state index >= 15 is 0 Å². The van der Waals surface area contributed by atoms with Gasteiger partial charge < -0.3 is 9.64 Å². The summed E-state index contributed by atoms with van der Waals surface area (Å²) in [6, 6.07) is 18.3. The standard InChI is InChI=1S/C19H21NO2/c21-19-9-4-14-20(19)17-10-12-18(13-11-17)22-15-5-8-16-6-2-1-3-7-16/h1-3,6-7,10-13H,4-5,8-9,14-15H2. The molecule has 0 spiro atoms. The number of benzene rings is 2. The molecule has 1 saturated heterocycles.